The van der Waals surface area contributed by atoms with Crippen LogP contribution in [0.3, 0.4) is 0 Å². The van der Waals surface area contributed by atoms with E-state index in [0.717, 1.165) is 31.1 Å². The largest absolute Gasteiger partial charge is 0.455 e. The molecule has 0 amide bonds. The third-order valence-electron chi connectivity index (χ3n) is 4.64. The lowest BCUT2D eigenvalue weighted by Gasteiger charge is -2.35. The number of furan rings is 1. The van der Waals surface area contributed by atoms with Crippen molar-refractivity contribution in [3.05, 3.63) is 35.8 Å². The molecule has 1 aliphatic carbocycles. The van der Waals surface area contributed by atoms with Crippen molar-refractivity contribution >= 4 is 11.0 Å². The Morgan fingerprint density at radius 2 is 2.00 bits per heavy atom. The molecule has 0 bridgehead atoms. The lowest BCUT2D eigenvalue weighted by molar-refractivity contribution is 0.0427. The molecule has 3 heteroatoms. The van der Waals surface area contributed by atoms with Gasteiger partial charge in [-0.05, 0) is 49.1 Å². The van der Waals surface area contributed by atoms with Gasteiger partial charge in [0.25, 0.3) is 0 Å². The molecule has 1 fully saturated rings. The molecule has 0 spiro atoms. The fourth-order valence-corrected chi connectivity index (χ4v) is 3.16. The summed E-state index contributed by atoms with van der Waals surface area (Å²) in [6.45, 7) is 4.54. The highest BCUT2D eigenvalue weighted by molar-refractivity contribution is 5.78. The van der Waals surface area contributed by atoms with Crippen molar-refractivity contribution in [2.75, 3.05) is 0 Å². The predicted octanol–water partition coefficient (Wildman–Crippen LogP) is 4.82. The second-order valence-corrected chi connectivity index (χ2v) is 6.75. The summed E-state index contributed by atoms with van der Waals surface area (Å²) in [5, 5.41) is 11.2. The molecule has 1 atom stereocenters. The highest BCUT2D eigenvalue weighted by Gasteiger charge is 2.32. The Morgan fingerprint density at radius 1 is 1.30 bits per heavy atom. The number of benzene rings is 1. The normalized spacial score (nSPS) is 21.2. The molecule has 108 valence electrons. The molecule has 1 unspecified atom stereocenters. The Labute approximate surface area is 118 Å². The maximum absolute atomic E-state index is 13.6. The van der Waals surface area contributed by atoms with Crippen LogP contribution in [0.5, 0.6) is 0 Å². The Balaban J connectivity index is 1.82. The van der Waals surface area contributed by atoms with Crippen molar-refractivity contribution < 1.29 is 13.9 Å². The molecule has 3 rings (SSSR count). The molecule has 0 saturated heterocycles. The fraction of sp³-hybridized carbons (Fsp3) is 0.529. The van der Waals surface area contributed by atoms with E-state index in [1.807, 2.05) is 6.07 Å². The van der Waals surface area contributed by atoms with Crippen molar-refractivity contribution in [2.24, 2.45) is 11.3 Å². The number of halogens is 1. The molecule has 20 heavy (non-hydrogen) atoms. The zero-order valence-electron chi connectivity index (χ0n) is 12.0. The van der Waals surface area contributed by atoms with Crippen molar-refractivity contribution in [1.29, 1.82) is 0 Å². The average molecular weight is 276 g/mol. The summed E-state index contributed by atoms with van der Waals surface area (Å²) in [5.74, 6) is 0.340. The highest BCUT2D eigenvalue weighted by Crippen LogP contribution is 2.43. The molecule has 0 aliphatic heterocycles. The molecule has 2 nitrogen and oxygen atoms in total. The Bertz CT molecular complexity index is 604. The monoisotopic (exact) mass is 276 g/mol. The molecule has 1 heterocycles. The summed E-state index contributed by atoms with van der Waals surface area (Å²) < 4.78 is 19.2. The first-order valence-electron chi connectivity index (χ1n) is 7.32. The smallest absolute Gasteiger partial charge is 0.170 e. The maximum Gasteiger partial charge on any atom is 0.170 e. The molecule has 0 radical (unpaired) electrons. The standard InChI is InChI=1S/C17H21FO2/c1-17(2)8-6-11(7-9-17)15(19)14-10-12-4-3-5-13(18)16(12)20-14/h3-5,10-11,15,19H,6-9H2,1-2H3. The van der Waals surface area contributed by atoms with Gasteiger partial charge in [-0.2, -0.15) is 0 Å². The third-order valence-corrected chi connectivity index (χ3v) is 4.64. The van der Waals surface area contributed by atoms with Gasteiger partial charge in [0, 0.05) is 5.39 Å². The van der Waals surface area contributed by atoms with E-state index in [1.54, 1.807) is 12.1 Å². The van der Waals surface area contributed by atoms with Crippen molar-refractivity contribution in [3.8, 4) is 0 Å². The summed E-state index contributed by atoms with van der Waals surface area (Å²) in [7, 11) is 0. The van der Waals surface area contributed by atoms with Gasteiger partial charge in [-0.1, -0.05) is 26.0 Å². The summed E-state index contributed by atoms with van der Waals surface area (Å²) >= 11 is 0. The minimum absolute atomic E-state index is 0.214. The van der Waals surface area contributed by atoms with E-state index in [2.05, 4.69) is 13.8 Å². The van der Waals surface area contributed by atoms with Crippen LogP contribution < -0.4 is 0 Å². The van der Waals surface area contributed by atoms with Crippen LogP contribution in [0, 0.1) is 17.2 Å². The number of para-hydroxylation sites is 1. The molecule has 1 N–H and O–H groups in total. The molecular weight excluding hydrogens is 255 g/mol. The number of hydrogen-bond donors (Lipinski definition) is 1. The first-order chi connectivity index (χ1) is 9.46. The van der Waals surface area contributed by atoms with Gasteiger partial charge in [0.15, 0.2) is 11.4 Å². The van der Waals surface area contributed by atoms with Crippen LogP contribution in [-0.4, -0.2) is 5.11 Å². The topological polar surface area (TPSA) is 33.4 Å². The summed E-state index contributed by atoms with van der Waals surface area (Å²) in [5.41, 5.74) is 0.619. The SMILES string of the molecule is CC1(C)CCC(C(O)c2cc3cccc(F)c3o2)CC1. The van der Waals surface area contributed by atoms with Gasteiger partial charge in [-0.3, -0.25) is 0 Å². The van der Waals surface area contributed by atoms with Crippen molar-refractivity contribution in [3.63, 3.8) is 0 Å². The van der Waals surface area contributed by atoms with Crippen molar-refractivity contribution in [2.45, 2.75) is 45.6 Å². The molecule has 2 aromatic rings. The van der Waals surface area contributed by atoms with E-state index >= 15 is 0 Å². The zero-order chi connectivity index (χ0) is 14.3. The number of rotatable bonds is 2. The first-order valence-corrected chi connectivity index (χ1v) is 7.32. The first kappa shape index (κ1) is 13.6. The third kappa shape index (κ3) is 2.47. The minimum Gasteiger partial charge on any atom is -0.455 e. The number of fused-ring (bicyclic) bond motifs is 1. The van der Waals surface area contributed by atoms with Crippen LogP contribution in [0.1, 0.15) is 51.4 Å². The van der Waals surface area contributed by atoms with Gasteiger partial charge in [-0.15, -0.1) is 0 Å². The Morgan fingerprint density at radius 3 is 2.65 bits per heavy atom. The van der Waals surface area contributed by atoms with Gasteiger partial charge in [0.2, 0.25) is 0 Å². The zero-order valence-corrected chi connectivity index (χ0v) is 12.0. The lowest BCUT2D eigenvalue weighted by atomic mass is 9.71. The van der Waals surface area contributed by atoms with Gasteiger partial charge < -0.3 is 9.52 Å². The maximum atomic E-state index is 13.6. The fourth-order valence-electron chi connectivity index (χ4n) is 3.16. The van der Waals surface area contributed by atoms with Crippen LogP contribution in [-0.2, 0) is 0 Å². The van der Waals surface area contributed by atoms with Crippen LogP contribution in [0.2, 0.25) is 0 Å². The van der Waals surface area contributed by atoms with E-state index in [1.165, 1.54) is 6.07 Å². The lowest BCUT2D eigenvalue weighted by Crippen LogP contribution is -2.24. The highest BCUT2D eigenvalue weighted by atomic mass is 19.1. The van der Waals surface area contributed by atoms with Crippen LogP contribution >= 0.6 is 0 Å². The van der Waals surface area contributed by atoms with Gasteiger partial charge >= 0.3 is 0 Å². The molecule has 1 aromatic heterocycles. The second-order valence-electron chi connectivity index (χ2n) is 6.75. The van der Waals surface area contributed by atoms with E-state index < -0.39 is 6.10 Å². The summed E-state index contributed by atoms with van der Waals surface area (Å²) in [6, 6.07) is 6.61. The van der Waals surface area contributed by atoms with Crippen molar-refractivity contribution in [1.82, 2.24) is 0 Å². The quantitative estimate of drug-likeness (QED) is 0.853. The predicted molar refractivity (Wildman–Crippen MR) is 76.9 cm³/mol. The van der Waals surface area contributed by atoms with E-state index in [-0.39, 0.29) is 17.3 Å². The van der Waals surface area contributed by atoms with Crippen LogP contribution in [0.4, 0.5) is 4.39 Å². The van der Waals surface area contributed by atoms with E-state index in [4.69, 9.17) is 4.42 Å². The number of aliphatic hydroxyl groups excluding tert-OH is 1. The van der Waals surface area contributed by atoms with E-state index in [0.29, 0.717) is 11.2 Å². The average Bonchev–Trinajstić information content (AvgIpc) is 2.83. The van der Waals surface area contributed by atoms with Gasteiger partial charge in [-0.25, -0.2) is 4.39 Å². The van der Waals surface area contributed by atoms with E-state index in [9.17, 15) is 9.50 Å². The summed E-state index contributed by atoms with van der Waals surface area (Å²) in [4.78, 5) is 0. The van der Waals surface area contributed by atoms with Gasteiger partial charge in [0.05, 0.1) is 0 Å². The molecule has 1 aliphatic rings. The molecular formula is C17H21FO2. The molecule has 1 saturated carbocycles. The minimum atomic E-state index is -0.627. The second kappa shape index (κ2) is 4.88. The Hall–Kier alpha value is -1.35. The molecule has 1 aromatic carbocycles. The number of hydrogen-bond acceptors (Lipinski definition) is 2. The van der Waals surface area contributed by atoms with Crippen LogP contribution in [0.25, 0.3) is 11.0 Å². The number of aliphatic hydroxyl groups is 1. The summed E-state index contributed by atoms with van der Waals surface area (Å²) in [6.07, 6.45) is 3.59. The van der Waals surface area contributed by atoms with Gasteiger partial charge in [0.1, 0.15) is 11.9 Å². The Kier molecular flexibility index (Phi) is 3.33. The van der Waals surface area contributed by atoms with Crippen LogP contribution in [0.15, 0.2) is 28.7 Å².